The number of hydrogen-bond acceptors (Lipinski definition) is 8. The number of nitrogens with two attached hydrogens (primary N) is 2. The van der Waals surface area contributed by atoms with E-state index in [1.54, 1.807) is 4.68 Å². The Bertz CT molecular complexity index is 1030. The summed E-state index contributed by atoms with van der Waals surface area (Å²) in [5.41, 5.74) is 14.4. The third-order valence-electron chi connectivity index (χ3n) is 4.87. The molecule has 5 N–H and O–H groups in total. The Labute approximate surface area is 164 Å². The number of rotatable bonds is 4. The minimum Gasteiger partial charge on any atom is -0.383 e. The van der Waals surface area contributed by atoms with Crippen molar-refractivity contribution in [2.45, 2.75) is 5.75 Å². The Morgan fingerprint density at radius 2 is 1.71 bits per heavy atom. The SMILES string of the molecule is CN1CCN(c2ccc(-n3nc(CS(=O)O)c4c(N)nc(N)nc43)cc2)CC1. The van der Waals surface area contributed by atoms with E-state index in [1.807, 2.05) is 24.3 Å². The summed E-state index contributed by atoms with van der Waals surface area (Å²) in [6.07, 6.45) is 0. The maximum absolute atomic E-state index is 11.3. The van der Waals surface area contributed by atoms with E-state index < -0.39 is 11.1 Å². The van der Waals surface area contributed by atoms with Gasteiger partial charge in [-0.05, 0) is 31.3 Å². The van der Waals surface area contributed by atoms with Gasteiger partial charge in [0.1, 0.15) is 5.82 Å². The molecule has 0 radical (unpaired) electrons. The molecule has 3 heterocycles. The van der Waals surface area contributed by atoms with E-state index in [4.69, 9.17) is 11.5 Å². The van der Waals surface area contributed by atoms with Crippen molar-refractivity contribution >= 4 is 39.6 Å². The number of likely N-dealkylation sites (N-methyl/N-ethyl adjacent to an activating group) is 1. The van der Waals surface area contributed by atoms with Gasteiger partial charge < -0.3 is 25.8 Å². The predicted octanol–water partition coefficient (Wildman–Crippen LogP) is 0.453. The monoisotopic (exact) mass is 402 g/mol. The number of benzene rings is 1. The molecular weight excluding hydrogens is 380 g/mol. The molecule has 1 aliphatic heterocycles. The van der Waals surface area contributed by atoms with Gasteiger partial charge in [0.15, 0.2) is 16.7 Å². The van der Waals surface area contributed by atoms with Crippen LogP contribution in [0.4, 0.5) is 17.5 Å². The van der Waals surface area contributed by atoms with Gasteiger partial charge in [-0.15, -0.1) is 0 Å². The van der Waals surface area contributed by atoms with E-state index in [2.05, 4.69) is 31.9 Å². The Kier molecular flexibility index (Phi) is 4.87. The summed E-state index contributed by atoms with van der Waals surface area (Å²) in [5.74, 6) is 0.000479. The molecular formula is C17H22N8O2S. The fraction of sp³-hybridized carbons (Fsp3) is 0.353. The molecule has 148 valence electrons. The van der Waals surface area contributed by atoms with Crippen molar-refractivity contribution in [3.8, 4) is 5.69 Å². The fourth-order valence-electron chi connectivity index (χ4n) is 3.40. The number of hydrogen-bond donors (Lipinski definition) is 3. The quantitative estimate of drug-likeness (QED) is 0.531. The number of nitrogen functional groups attached to an aromatic ring is 2. The lowest BCUT2D eigenvalue weighted by Gasteiger charge is -2.34. The van der Waals surface area contributed by atoms with E-state index >= 15 is 0 Å². The molecule has 4 rings (SSSR count). The number of anilines is 3. The van der Waals surface area contributed by atoms with E-state index in [9.17, 15) is 8.76 Å². The molecule has 10 nitrogen and oxygen atoms in total. The second-order valence-electron chi connectivity index (χ2n) is 6.80. The average Bonchev–Trinajstić information content (AvgIpc) is 3.00. The van der Waals surface area contributed by atoms with Crippen LogP contribution in [-0.4, -0.2) is 66.6 Å². The second kappa shape index (κ2) is 7.34. The van der Waals surface area contributed by atoms with Crippen LogP contribution in [0, 0.1) is 0 Å². The van der Waals surface area contributed by atoms with Crippen molar-refractivity contribution in [3.05, 3.63) is 30.0 Å². The molecule has 11 heteroatoms. The Balaban J connectivity index is 1.73. The third-order valence-corrected chi connectivity index (χ3v) is 5.39. The van der Waals surface area contributed by atoms with Crippen LogP contribution in [0.15, 0.2) is 24.3 Å². The maximum Gasteiger partial charge on any atom is 0.224 e. The summed E-state index contributed by atoms with van der Waals surface area (Å²) >= 11 is -2.07. The highest BCUT2D eigenvalue weighted by molar-refractivity contribution is 7.78. The molecule has 0 aliphatic carbocycles. The van der Waals surface area contributed by atoms with Crippen LogP contribution >= 0.6 is 0 Å². The molecule has 28 heavy (non-hydrogen) atoms. The molecule has 1 aromatic carbocycles. The van der Waals surface area contributed by atoms with Crippen molar-refractivity contribution < 1.29 is 8.76 Å². The first-order valence-corrected chi connectivity index (χ1v) is 10.1. The summed E-state index contributed by atoms with van der Waals surface area (Å²) in [6.45, 7) is 4.02. The van der Waals surface area contributed by atoms with Crippen LogP contribution in [0.25, 0.3) is 16.7 Å². The van der Waals surface area contributed by atoms with Crippen LogP contribution < -0.4 is 16.4 Å². The lowest BCUT2D eigenvalue weighted by atomic mass is 10.2. The molecule has 0 saturated carbocycles. The highest BCUT2D eigenvalue weighted by Crippen LogP contribution is 2.27. The van der Waals surface area contributed by atoms with E-state index in [1.165, 1.54) is 0 Å². The first-order chi connectivity index (χ1) is 13.4. The van der Waals surface area contributed by atoms with Gasteiger partial charge in [-0.25, -0.2) is 8.89 Å². The highest BCUT2D eigenvalue weighted by atomic mass is 32.2. The number of nitrogens with zero attached hydrogens (tertiary/aromatic N) is 6. The average molecular weight is 402 g/mol. The van der Waals surface area contributed by atoms with Crippen LogP contribution in [0.5, 0.6) is 0 Å². The molecule has 1 atom stereocenters. The van der Waals surface area contributed by atoms with E-state index in [0.717, 1.165) is 37.6 Å². The number of fused-ring (bicyclic) bond motifs is 1. The van der Waals surface area contributed by atoms with Crippen molar-refractivity contribution in [2.75, 3.05) is 49.6 Å². The molecule has 1 aliphatic rings. The van der Waals surface area contributed by atoms with Crippen LogP contribution in [-0.2, 0) is 16.8 Å². The van der Waals surface area contributed by atoms with Crippen molar-refractivity contribution in [1.82, 2.24) is 24.6 Å². The molecule has 1 fully saturated rings. The van der Waals surface area contributed by atoms with Gasteiger partial charge in [0.05, 0.1) is 22.5 Å². The molecule has 2 aromatic heterocycles. The minimum absolute atomic E-state index is 0.0249. The summed E-state index contributed by atoms with van der Waals surface area (Å²) in [7, 11) is 2.12. The Hall–Kier alpha value is -2.76. The molecule has 1 saturated heterocycles. The molecule has 3 aromatic rings. The second-order valence-corrected chi connectivity index (χ2v) is 7.73. The summed E-state index contributed by atoms with van der Waals surface area (Å²) in [6, 6.07) is 7.94. The van der Waals surface area contributed by atoms with Gasteiger partial charge in [0.25, 0.3) is 0 Å². The molecule has 0 bridgehead atoms. The van der Waals surface area contributed by atoms with Gasteiger partial charge in [-0.2, -0.15) is 15.1 Å². The lowest BCUT2D eigenvalue weighted by molar-refractivity contribution is 0.313. The van der Waals surface area contributed by atoms with Gasteiger partial charge in [0.2, 0.25) is 5.95 Å². The van der Waals surface area contributed by atoms with Crippen LogP contribution in [0.3, 0.4) is 0 Å². The first kappa shape index (κ1) is 18.6. The Morgan fingerprint density at radius 1 is 1.07 bits per heavy atom. The zero-order valence-electron chi connectivity index (χ0n) is 15.4. The first-order valence-electron chi connectivity index (χ1n) is 8.84. The van der Waals surface area contributed by atoms with Crippen molar-refractivity contribution in [1.29, 1.82) is 0 Å². The smallest absolute Gasteiger partial charge is 0.224 e. The lowest BCUT2D eigenvalue weighted by Crippen LogP contribution is -2.44. The Morgan fingerprint density at radius 3 is 2.36 bits per heavy atom. The zero-order chi connectivity index (χ0) is 19.8. The standard InChI is InChI=1S/C17H22N8O2S/c1-23-6-8-24(9-7-23)11-2-4-12(5-3-11)25-16-14(13(22-25)10-28(26)27)15(18)20-17(19)21-16/h2-5H,6-10H2,1H3,(H,26,27)(H4,18,19,20,21). The van der Waals surface area contributed by atoms with Crippen LogP contribution in [0.2, 0.25) is 0 Å². The normalized spacial score (nSPS) is 16.6. The summed E-state index contributed by atoms with van der Waals surface area (Å²) in [5, 5.41) is 4.90. The largest absolute Gasteiger partial charge is 0.383 e. The maximum atomic E-state index is 11.3. The minimum atomic E-state index is -2.07. The summed E-state index contributed by atoms with van der Waals surface area (Å²) < 4.78 is 22.2. The van der Waals surface area contributed by atoms with Crippen molar-refractivity contribution in [3.63, 3.8) is 0 Å². The van der Waals surface area contributed by atoms with E-state index in [0.29, 0.717) is 16.7 Å². The van der Waals surface area contributed by atoms with Gasteiger partial charge in [-0.3, -0.25) is 0 Å². The topological polar surface area (TPSA) is 139 Å². The van der Waals surface area contributed by atoms with Crippen LogP contribution in [0.1, 0.15) is 5.69 Å². The third kappa shape index (κ3) is 3.51. The fourth-order valence-corrected chi connectivity index (χ4v) is 3.83. The molecule has 0 spiro atoms. The van der Waals surface area contributed by atoms with E-state index in [-0.39, 0.29) is 17.5 Å². The van der Waals surface area contributed by atoms with Crippen molar-refractivity contribution in [2.24, 2.45) is 0 Å². The van der Waals surface area contributed by atoms with Gasteiger partial charge >= 0.3 is 0 Å². The number of piperazine rings is 1. The molecule has 0 amide bonds. The highest BCUT2D eigenvalue weighted by Gasteiger charge is 2.20. The predicted molar refractivity (Wildman–Crippen MR) is 110 cm³/mol. The summed E-state index contributed by atoms with van der Waals surface area (Å²) in [4.78, 5) is 12.9. The number of aromatic nitrogens is 4. The van der Waals surface area contributed by atoms with Gasteiger partial charge in [-0.1, -0.05) is 0 Å². The zero-order valence-corrected chi connectivity index (χ0v) is 16.3. The van der Waals surface area contributed by atoms with Gasteiger partial charge in [0, 0.05) is 31.9 Å². The molecule has 1 unspecified atom stereocenters.